The van der Waals surface area contributed by atoms with E-state index >= 15 is 0 Å². The summed E-state index contributed by atoms with van der Waals surface area (Å²) in [5, 5.41) is 5.02. The number of nitrogens with one attached hydrogen (secondary N) is 1. The highest BCUT2D eigenvalue weighted by Crippen LogP contribution is 2.34. The summed E-state index contributed by atoms with van der Waals surface area (Å²) in [6.07, 6.45) is 16.6. The number of hydrogen-bond acceptors (Lipinski definition) is 5. The van der Waals surface area contributed by atoms with Gasteiger partial charge in [-0.15, -0.1) is 0 Å². The molecule has 0 aliphatic heterocycles. The molecule has 1 heterocycles. The number of pyridine rings is 1. The molecule has 0 spiro atoms. The molecule has 0 radical (unpaired) electrons. The molecule has 0 aliphatic rings. The Morgan fingerprint density at radius 2 is 1.16 bits per heavy atom. The van der Waals surface area contributed by atoms with Crippen molar-refractivity contribution in [1.82, 2.24) is 9.40 Å². The van der Waals surface area contributed by atoms with Crippen molar-refractivity contribution >= 4 is 31.0 Å². The van der Waals surface area contributed by atoms with Gasteiger partial charge in [0.15, 0.2) is 0 Å². The summed E-state index contributed by atoms with van der Waals surface area (Å²) < 4.78 is 62.0. The fraction of sp³-hybridized carbons (Fsp3) is 0.625. The van der Waals surface area contributed by atoms with Crippen LogP contribution in [0.2, 0.25) is 0 Å². The van der Waals surface area contributed by atoms with Gasteiger partial charge < -0.3 is 4.57 Å². The SMILES string of the molecule is CCCCCCCCCCCCCCCCS(=O)(=O)N/N=c1/cc(-c2cc(C(C)(C)C)cc(C(C)(C)C)c2)n(C)c2ccc(S(=O)(=O)O)cc12. The van der Waals surface area contributed by atoms with E-state index in [-0.39, 0.29) is 26.8 Å². The van der Waals surface area contributed by atoms with E-state index in [0.717, 1.165) is 41.6 Å². The van der Waals surface area contributed by atoms with Crippen LogP contribution in [-0.4, -0.2) is 31.7 Å². The van der Waals surface area contributed by atoms with Gasteiger partial charge in [0.2, 0.25) is 10.0 Å². The summed E-state index contributed by atoms with van der Waals surface area (Å²) >= 11 is 0. The van der Waals surface area contributed by atoms with Gasteiger partial charge in [-0.3, -0.25) is 4.55 Å². The minimum atomic E-state index is -4.50. The van der Waals surface area contributed by atoms with Crippen LogP contribution in [0.1, 0.15) is 149 Å². The Morgan fingerprint density at radius 1 is 0.680 bits per heavy atom. The van der Waals surface area contributed by atoms with Crippen LogP contribution in [0.3, 0.4) is 0 Å². The van der Waals surface area contributed by atoms with E-state index in [0.29, 0.717) is 17.3 Å². The van der Waals surface area contributed by atoms with Crippen molar-refractivity contribution in [3.8, 4) is 11.3 Å². The first-order valence-electron chi connectivity index (χ1n) is 18.6. The van der Waals surface area contributed by atoms with E-state index < -0.39 is 20.1 Å². The highest BCUT2D eigenvalue weighted by atomic mass is 32.2. The number of aromatic nitrogens is 1. The minimum absolute atomic E-state index is 0.0429. The fourth-order valence-electron chi connectivity index (χ4n) is 6.27. The number of nitrogens with zero attached hydrogens (tertiary/aromatic N) is 2. The lowest BCUT2D eigenvalue weighted by atomic mass is 9.79. The summed E-state index contributed by atoms with van der Waals surface area (Å²) in [6, 6.07) is 12.6. The molecule has 2 N–H and O–H groups in total. The van der Waals surface area contributed by atoms with Crippen LogP contribution < -0.4 is 10.2 Å². The molecule has 0 saturated carbocycles. The van der Waals surface area contributed by atoms with E-state index in [2.05, 4.69) is 76.6 Å². The molecule has 280 valence electrons. The molecular weight excluding hydrogens is 667 g/mol. The largest absolute Gasteiger partial charge is 0.344 e. The van der Waals surface area contributed by atoms with Gasteiger partial charge >= 0.3 is 0 Å². The van der Waals surface area contributed by atoms with Crippen molar-refractivity contribution in [3.63, 3.8) is 0 Å². The van der Waals surface area contributed by atoms with Gasteiger partial charge in [0.25, 0.3) is 10.1 Å². The smallest absolute Gasteiger partial charge is 0.294 e. The van der Waals surface area contributed by atoms with Crippen LogP contribution in [0.25, 0.3) is 22.2 Å². The quantitative estimate of drug-likeness (QED) is 0.0724. The summed E-state index contributed by atoms with van der Waals surface area (Å²) in [6.45, 7) is 15.3. The molecule has 0 fully saturated rings. The first-order valence-corrected chi connectivity index (χ1v) is 21.7. The van der Waals surface area contributed by atoms with Gasteiger partial charge in [-0.2, -0.15) is 13.5 Å². The van der Waals surface area contributed by atoms with Gasteiger partial charge in [0.1, 0.15) is 0 Å². The van der Waals surface area contributed by atoms with E-state index in [1.165, 1.54) is 76.3 Å². The normalized spacial score (nSPS) is 13.3. The van der Waals surface area contributed by atoms with Crippen molar-refractivity contribution in [2.45, 2.75) is 154 Å². The third-order valence-corrected chi connectivity index (χ3v) is 11.6. The van der Waals surface area contributed by atoms with Gasteiger partial charge in [-0.05, 0) is 70.3 Å². The predicted molar refractivity (Wildman–Crippen MR) is 208 cm³/mol. The van der Waals surface area contributed by atoms with E-state index in [1.807, 2.05) is 11.6 Å². The topological polar surface area (TPSA) is 118 Å². The first kappa shape index (κ1) is 41.7. The Morgan fingerprint density at radius 3 is 1.62 bits per heavy atom. The lowest BCUT2D eigenvalue weighted by molar-refractivity contribution is 0.483. The number of sulfonamides is 1. The second-order valence-electron chi connectivity index (χ2n) is 16.0. The maximum atomic E-state index is 13.1. The van der Waals surface area contributed by atoms with Crippen molar-refractivity contribution in [2.75, 3.05) is 5.75 Å². The van der Waals surface area contributed by atoms with E-state index in [1.54, 1.807) is 12.1 Å². The molecule has 0 amide bonds. The average Bonchev–Trinajstić information content (AvgIpc) is 3.03. The molecule has 3 aromatic rings. The third kappa shape index (κ3) is 12.8. The zero-order valence-corrected chi connectivity index (χ0v) is 33.6. The van der Waals surface area contributed by atoms with E-state index in [9.17, 15) is 21.4 Å². The van der Waals surface area contributed by atoms with E-state index in [4.69, 9.17) is 0 Å². The average molecular weight is 730 g/mol. The van der Waals surface area contributed by atoms with Crippen LogP contribution in [0.5, 0.6) is 0 Å². The van der Waals surface area contributed by atoms with Crippen molar-refractivity contribution < 1.29 is 21.4 Å². The maximum absolute atomic E-state index is 13.1. The fourth-order valence-corrected chi connectivity index (χ4v) is 7.69. The van der Waals surface area contributed by atoms with Crippen LogP contribution >= 0.6 is 0 Å². The number of aryl methyl sites for hydroxylation is 1. The molecule has 0 unspecified atom stereocenters. The summed E-state index contributed by atoms with van der Waals surface area (Å²) in [4.78, 5) is 2.13. The van der Waals surface area contributed by atoms with Gasteiger partial charge in [-0.1, -0.05) is 138 Å². The number of fused-ring (bicyclic) bond motifs is 1. The second kappa shape index (κ2) is 18.2. The zero-order chi connectivity index (χ0) is 37.2. The van der Waals surface area contributed by atoms with Crippen LogP contribution in [0.4, 0.5) is 0 Å². The molecule has 2 aromatic carbocycles. The summed E-state index contributed by atoms with van der Waals surface area (Å²) in [7, 11) is -6.35. The minimum Gasteiger partial charge on any atom is -0.344 e. The zero-order valence-electron chi connectivity index (χ0n) is 31.9. The van der Waals surface area contributed by atoms with Crippen molar-refractivity contribution in [1.29, 1.82) is 0 Å². The number of hydrogen-bond donors (Lipinski definition) is 2. The molecule has 0 atom stereocenters. The lowest BCUT2D eigenvalue weighted by Crippen LogP contribution is -2.25. The highest BCUT2D eigenvalue weighted by molar-refractivity contribution is 7.89. The Bertz CT molecular complexity index is 1820. The first-order chi connectivity index (χ1) is 23.3. The maximum Gasteiger partial charge on any atom is 0.294 e. The molecule has 3 rings (SSSR count). The highest BCUT2D eigenvalue weighted by Gasteiger charge is 2.22. The number of unbranched alkanes of at least 4 members (excludes halogenated alkanes) is 13. The Kier molecular flexibility index (Phi) is 15.2. The molecular formula is C40H63N3O5S2. The van der Waals surface area contributed by atoms with Gasteiger partial charge in [0.05, 0.1) is 27.2 Å². The van der Waals surface area contributed by atoms with Gasteiger partial charge in [0, 0.05) is 12.4 Å². The standard InChI is InChI=1S/C40H63N3O5S2/c1-9-10-11-12-13-14-15-16-17-18-19-20-21-22-25-49(44,45)42-41-36-30-38(43(8)37-24-23-34(29-35(36)37)50(46,47)48)31-26-32(39(2,3)4)28-33(27-31)40(5,6)7/h23-24,26-30,42H,9-22,25H2,1-8H3,(H,46,47,48)/b41-36-. The molecule has 10 heteroatoms. The number of benzene rings is 2. The van der Waals surface area contributed by atoms with Crippen molar-refractivity contribution in [3.05, 3.63) is 58.9 Å². The monoisotopic (exact) mass is 729 g/mol. The van der Waals surface area contributed by atoms with Crippen LogP contribution in [-0.2, 0) is 38.0 Å². The Balaban J connectivity index is 1.79. The Labute approximate surface area is 303 Å². The number of rotatable bonds is 19. The molecule has 0 bridgehead atoms. The molecule has 50 heavy (non-hydrogen) atoms. The lowest BCUT2D eigenvalue weighted by Gasteiger charge is -2.27. The van der Waals surface area contributed by atoms with Crippen LogP contribution in [0.15, 0.2) is 52.5 Å². The second-order valence-corrected chi connectivity index (χ2v) is 19.3. The van der Waals surface area contributed by atoms with Crippen LogP contribution in [0, 0.1) is 0 Å². The molecule has 8 nitrogen and oxygen atoms in total. The predicted octanol–water partition coefficient (Wildman–Crippen LogP) is 9.90. The molecule has 1 aromatic heterocycles. The Hall–Kier alpha value is -2.69. The summed E-state index contributed by atoms with van der Waals surface area (Å²) in [5.41, 5.74) is 4.45. The molecule has 0 aliphatic carbocycles. The van der Waals surface area contributed by atoms with Gasteiger partial charge in [-0.25, -0.2) is 13.2 Å². The van der Waals surface area contributed by atoms with Crippen molar-refractivity contribution in [2.24, 2.45) is 12.1 Å². The molecule has 0 saturated heterocycles. The summed E-state index contributed by atoms with van der Waals surface area (Å²) in [5.74, 6) is -0.0429. The third-order valence-electron chi connectivity index (χ3n) is 9.57.